The lowest BCUT2D eigenvalue weighted by Crippen LogP contribution is -2.31. The van der Waals surface area contributed by atoms with Gasteiger partial charge in [0.25, 0.3) is 0 Å². The van der Waals surface area contributed by atoms with Crippen LogP contribution >= 0.6 is 0 Å². The molecule has 4 aromatic rings. The second-order valence-corrected chi connectivity index (χ2v) is 15.7. The molecule has 0 bridgehead atoms. The van der Waals surface area contributed by atoms with Crippen LogP contribution in [0, 0.1) is 0 Å². The number of fused-ring (bicyclic) bond motifs is 3. The third-order valence-electron chi connectivity index (χ3n) is 11.4. The lowest BCUT2D eigenvalue weighted by molar-refractivity contribution is 0.655. The smallest absolute Gasteiger partial charge is 0.0963 e. The van der Waals surface area contributed by atoms with Crippen molar-refractivity contribution in [3.8, 4) is 11.1 Å². The average Bonchev–Trinajstić information content (AvgIpc) is 3.41. The molecule has 1 aliphatic carbocycles. The van der Waals surface area contributed by atoms with Crippen molar-refractivity contribution in [2.45, 2.75) is 162 Å². The molecule has 0 saturated carbocycles. The van der Waals surface area contributed by atoms with Gasteiger partial charge in [-0.2, -0.15) is 0 Å². The monoisotopic (exact) mass is 675 g/mol. The molecule has 0 amide bonds. The van der Waals surface area contributed by atoms with Crippen LogP contribution in [0.25, 0.3) is 11.1 Å². The molecule has 0 fully saturated rings. The molecule has 2 heteroatoms. The highest BCUT2D eigenvalue weighted by Gasteiger charge is 2.46. The second kappa shape index (κ2) is 19.7. The summed E-state index contributed by atoms with van der Waals surface area (Å²) >= 11 is 0. The topological polar surface area (TPSA) is 0 Å². The van der Waals surface area contributed by atoms with Gasteiger partial charge in [-0.25, -0.2) is 0 Å². The number of aryl methyl sites for hydroxylation is 4. The summed E-state index contributed by atoms with van der Waals surface area (Å²) in [5.41, 5.74) is 15.0. The number of unbranched alkanes of at least 4 members (excludes halogenated alkanes) is 12. The summed E-state index contributed by atoms with van der Waals surface area (Å²) in [7, 11) is 13.5. The first-order chi connectivity index (χ1) is 24.9. The Morgan fingerprint density at radius 2 is 0.686 bits per heavy atom. The third kappa shape index (κ3) is 9.72. The summed E-state index contributed by atoms with van der Waals surface area (Å²) in [5.74, 6) is 0. The molecular formula is C49H64B2. The number of hydrogen-bond donors (Lipinski definition) is 0. The highest BCUT2D eigenvalue weighted by molar-refractivity contribution is 6.33. The SMILES string of the molecule is [B]c1ccc2c(c1)C(c1cc(CCCCCC)cc(CCCCCC)c1)(c1cc(CCCCCC)cc(CCCCCC)c1)c1cc([B])ccc1-2. The van der Waals surface area contributed by atoms with E-state index in [1.807, 2.05) is 0 Å². The fourth-order valence-corrected chi connectivity index (χ4v) is 8.71. The third-order valence-corrected chi connectivity index (χ3v) is 11.4. The maximum absolute atomic E-state index is 6.74. The van der Waals surface area contributed by atoms with Crippen LogP contribution in [0.4, 0.5) is 0 Å². The van der Waals surface area contributed by atoms with E-state index in [1.165, 1.54) is 158 Å². The summed E-state index contributed by atoms with van der Waals surface area (Å²) < 4.78 is 0. The van der Waals surface area contributed by atoms with Gasteiger partial charge >= 0.3 is 0 Å². The maximum atomic E-state index is 6.74. The minimum atomic E-state index is -0.495. The Kier molecular flexibility index (Phi) is 15.2. The highest BCUT2D eigenvalue weighted by atomic mass is 14.5. The van der Waals surface area contributed by atoms with Crippen LogP contribution in [0.15, 0.2) is 72.8 Å². The summed E-state index contributed by atoms with van der Waals surface area (Å²) in [6.07, 6.45) is 24.9. The molecule has 0 nitrogen and oxygen atoms in total. The molecule has 51 heavy (non-hydrogen) atoms. The van der Waals surface area contributed by atoms with Crippen LogP contribution in [0.1, 0.15) is 175 Å². The van der Waals surface area contributed by atoms with Gasteiger partial charge in [0.05, 0.1) is 5.41 Å². The van der Waals surface area contributed by atoms with Gasteiger partial charge in [-0.3, -0.25) is 0 Å². The van der Waals surface area contributed by atoms with E-state index in [-0.39, 0.29) is 0 Å². The fourth-order valence-electron chi connectivity index (χ4n) is 8.71. The van der Waals surface area contributed by atoms with Crippen LogP contribution in [0.5, 0.6) is 0 Å². The van der Waals surface area contributed by atoms with Crippen molar-refractivity contribution in [2.24, 2.45) is 0 Å². The molecule has 0 saturated heterocycles. The van der Waals surface area contributed by atoms with Gasteiger partial charge in [-0.05, 0) is 107 Å². The summed E-state index contributed by atoms with van der Waals surface area (Å²) in [4.78, 5) is 0. The quantitative estimate of drug-likeness (QED) is 0.0506. The minimum absolute atomic E-state index is 0.495. The predicted molar refractivity (Wildman–Crippen MR) is 226 cm³/mol. The van der Waals surface area contributed by atoms with Crippen molar-refractivity contribution in [1.29, 1.82) is 0 Å². The summed E-state index contributed by atoms with van der Waals surface area (Å²) in [6, 6.07) is 28.6. The molecule has 1 aliphatic rings. The van der Waals surface area contributed by atoms with Crippen molar-refractivity contribution < 1.29 is 0 Å². The Hall–Kier alpha value is -2.99. The van der Waals surface area contributed by atoms with Crippen LogP contribution in [0.3, 0.4) is 0 Å². The molecular weight excluding hydrogens is 610 g/mol. The molecule has 0 aromatic heterocycles. The van der Waals surface area contributed by atoms with E-state index in [4.69, 9.17) is 15.7 Å². The van der Waals surface area contributed by atoms with Crippen LogP contribution < -0.4 is 10.9 Å². The summed E-state index contributed by atoms with van der Waals surface area (Å²) in [5, 5.41) is 0. The average molecular weight is 675 g/mol. The Balaban J connectivity index is 1.77. The molecule has 0 spiro atoms. The first-order valence-electron chi connectivity index (χ1n) is 21.0. The number of benzene rings is 4. The van der Waals surface area contributed by atoms with E-state index >= 15 is 0 Å². The Morgan fingerprint density at radius 1 is 0.373 bits per heavy atom. The van der Waals surface area contributed by atoms with Crippen molar-refractivity contribution in [3.63, 3.8) is 0 Å². The molecule has 4 radical (unpaired) electrons. The number of rotatable bonds is 22. The second-order valence-electron chi connectivity index (χ2n) is 15.7. The van der Waals surface area contributed by atoms with Crippen LogP contribution in [0.2, 0.25) is 0 Å². The van der Waals surface area contributed by atoms with Gasteiger partial charge in [0.15, 0.2) is 0 Å². The van der Waals surface area contributed by atoms with Crippen molar-refractivity contribution in [2.75, 3.05) is 0 Å². The molecule has 0 unspecified atom stereocenters. The number of hydrogen-bond acceptors (Lipinski definition) is 0. The Morgan fingerprint density at radius 3 is 0.980 bits per heavy atom. The van der Waals surface area contributed by atoms with E-state index in [0.29, 0.717) is 0 Å². The molecule has 266 valence electrons. The zero-order valence-corrected chi connectivity index (χ0v) is 32.7. The zero-order chi connectivity index (χ0) is 36.1. The van der Waals surface area contributed by atoms with E-state index in [2.05, 4.69) is 100 Å². The first-order valence-corrected chi connectivity index (χ1v) is 21.0. The normalized spacial score (nSPS) is 13.0. The van der Waals surface area contributed by atoms with E-state index in [1.54, 1.807) is 0 Å². The molecule has 0 N–H and O–H groups in total. The summed E-state index contributed by atoms with van der Waals surface area (Å²) in [6.45, 7) is 9.23. The van der Waals surface area contributed by atoms with E-state index < -0.39 is 5.41 Å². The van der Waals surface area contributed by atoms with E-state index in [9.17, 15) is 0 Å². The minimum Gasteiger partial charge on any atom is -0.0963 e. The largest absolute Gasteiger partial charge is 0.113 e. The molecule has 0 atom stereocenters. The van der Waals surface area contributed by atoms with Gasteiger partial charge in [-0.15, -0.1) is 0 Å². The van der Waals surface area contributed by atoms with Gasteiger partial charge in [0.1, 0.15) is 15.7 Å². The zero-order valence-electron chi connectivity index (χ0n) is 32.7. The van der Waals surface area contributed by atoms with Crippen molar-refractivity contribution >= 4 is 26.6 Å². The predicted octanol–water partition coefficient (Wildman–Crippen LogP) is 12.1. The lowest BCUT2D eigenvalue weighted by Gasteiger charge is -2.36. The van der Waals surface area contributed by atoms with Crippen molar-refractivity contribution in [1.82, 2.24) is 0 Å². The molecule has 4 aromatic carbocycles. The first kappa shape index (κ1) is 39.2. The van der Waals surface area contributed by atoms with Gasteiger partial charge in [0, 0.05) is 0 Å². The molecule has 0 heterocycles. The van der Waals surface area contributed by atoms with Gasteiger partial charge < -0.3 is 0 Å². The van der Waals surface area contributed by atoms with Gasteiger partial charge in [-0.1, -0.05) is 188 Å². The standard InChI is InChI=1S/C49H64B2/c1-5-9-13-17-21-37-29-38(22-18-14-10-6-2)32-41(31-37)49(47-35-43(50)25-27-45(47)46-28-26-44(51)36-48(46)49)42-33-39(23-19-15-11-7-3)30-40(34-42)24-20-16-12-8-4/h25-36H,5-24H2,1-4H3. The Labute approximate surface area is 315 Å². The van der Waals surface area contributed by atoms with Crippen LogP contribution in [-0.2, 0) is 31.1 Å². The van der Waals surface area contributed by atoms with Crippen LogP contribution in [-0.4, -0.2) is 15.7 Å². The molecule has 0 aliphatic heterocycles. The van der Waals surface area contributed by atoms with E-state index in [0.717, 1.165) is 36.6 Å². The molecule has 5 rings (SSSR count). The van der Waals surface area contributed by atoms with Gasteiger partial charge in [0.2, 0.25) is 0 Å². The lowest BCUT2D eigenvalue weighted by atomic mass is 9.65. The Bertz CT molecular complexity index is 1490. The fraction of sp³-hybridized carbons (Fsp3) is 0.510. The van der Waals surface area contributed by atoms with Crippen molar-refractivity contribution in [3.05, 3.63) is 117 Å². The highest BCUT2D eigenvalue weighted by Crippen LogP contribution is 2.56. The maximum Gasteiger partial charge on any atom is 0.113 e.